The number of nitrogens with zero attached hydrogens (tertiary/aromatic N) is 3. The molecule has 1 fully saturated rings. The van der Waals surface area contributed by atoms with E-state index >= 15 is 0 Å². The number of carbonyl (C=O) groups excluding carboxylic acids is 1. The first-order valence-corrected chi connectivity index (χ1v) is 7.50. The van der Waals surface area contributed by atoms with Gasteiger partial charge in [-0.3, -0.25) is 0 Å². The largest absolute Gasteiger partial charge is 0.385 e. The molecule has 0 bridgehead atoms. The highest BCUT2D eigenvalue weighted by molar-refractivity contribution is 6.05. The molecular weight excluding hydrogens is 264 g/mol. The predicted molar refractivity (Wildman–Crippen MR) is 83.1 cm³/mol. The molecule has 2 amide bonds. The summed E-state index contributed by atoms with van der Waals surface area (Å²) in [6.45, 7) is 2.56. The maximum absolute atomic E-state index is 12.3. The third kappa shape index (κ3) is 2.53. The number of aliphatic imine (C=N–C) groups is 1. The number of urea groups is 1. The minimum Gasteiger partial charge on any atom is -0.385 e. The van der Waals surface area contributed by atoms with Gasteiger partial charge in [0.05, 0.1) is 0 Å². The highest BCUT2D eigenvalue weighted by Crippen LogP contribution is 2.35. The SMILES string of the molecule is CN1CCCC2(CC1)C(N)=NC(=O)N2Cc1ccccc1. The molecule has 5 heteroatoms. The van der Waals surface area contributed by atoms with Crippen molar-refractivity contribution in [1.82, 2.24) is 9.80 Å². The molecule has 1 spiro atoms. The maximum Gasteiger partial charge on any atom is 0.346 e. The standard InChI is InChI=1S/C16H22N4O/c1-19-10-5-8-16(9-11-19)14(17)18-15(21)20(16)12-13-6-3-2-4-7-13/h2-4,6-7H,5,8-12H2,1H3,(H2,17,18,21). The van der Waals surface area contributed by atoms with Crippen molar-refractivity contribution in [2.24, 2.45) is 10.7 Å². The molecule has 2 N–H and O–H groups in total. The van der Waals surface area contributed by atoms with E-state index in [0.29, 0.717) is 12.4 Å². The van der Waals surface area contributed by atoms with Crippen molar-refractivity contribution in [3.63, 3.8) is 0 Å². The van der Waals surface area contributed by atoms with Gasteiger partial charge in [0.25, 0.3) is 0 Å². The molecule has 2 aliphatic rings. The summed E-state index contributed by atoms with van der Waals surface area (Å²) in [6, 6.07) is 9.86. The van der Waals surface area contributed by atoms with Crippen LogP contribution in [0.3, 0.4) is 0 Å². The molecule has 1 atom stereocenters. The molecule has 0 aliphatic carbocycles. The van der Waals surface area contributed by atoms with Crippen LogP contribution in [0.5, 0.6) is 0 Å². The van der Waals surface area contributed by atoms with Gasteiger partial charge in [-0.15, -0.1) is 0 Å². The van der Waals surface area contributed by atoms with Crippen LogP contribution < -0.4 is 5.73 Å². The van der Waals surface area contributed by atoms with Crippen LogP contribution in [-0.2, 0) is 6.54 Å². The van der Waals surface area contributed by atoms with Crippen molar-refractivity contribution >= 4 is 11.9 Å². The summed E-state index contributed by atoms with van der Waals surface area (Å²) < 4.78 is 0. The quantitative estimate of drug-likeness (QED) is 0.902. The monoisotopic (exact) mass is 286 g/mol. The van der Waals surface area contributed by atoms with Crippen LogP contribution in [-0.4, -0.2) is 47.3 Å². The molecule has 1 aromatic rings. The number of amidine groups is 1. The Bertz CT molecular complexity index is 557. The van der Waals surface area contributed by atoms with Crippen molar-refractivity contribution in [3.8, 4) is 0 Å². The van der Waals surface area contributed by atoms with Gasteiger partial charge in [0.2, 0.25) is 0 Å². The summed E-state index contributed by atoms with van der Waals surface area (Å²) in [5, 5.41) is 0. The minimum absolute atomic E-state index is 0.194. The molecule has 112 valence electrons. The van der Waals surface area contributed by atoms with E-state index in [4.69, 9.17) is 5.73 Å². The molecule has 0 aromatic heterocycles. The van der Waals surface area contributed by atoms with Crippen LogP contribution >= 0.6 is 0 Å². The number of likely N-dealkylation sites (tertiary alicyclic amines) is 1. The molecule has 3 rings (SSSR count). The summed E-state index contributed by atoms with van der Waals surface area (Å²) in [6.07, 6.45) is 2.79. The average molecular weight is 286 g/mol. The number of hydrogen-bond acceptors (Lipinski definition) is 3. The summed E-state index contributed by atoms with van der Waals surface area (Å²) in [7, 11) is 2.12. The molecule has 1 unspecified atom stereocenters. The van der Waals surface area contributed by atoms with Crippen LogP contribution in [0.15, 0.2) is 35.3 Å². The van der Waals surface area contributed by atoms with E-state index in [1.165, 1.54) is 0 Å². The second-order valence-corrected chi connectivity index (χ2v) is 6.04. The molecule has 1 aromatic carbocycles. The Morgan fingerprint density at radius 1 is 1.24 bits per heavy atom. The zero-order valence-electron chi connectivity index (χ0n) is 12.5. The molecule has 5 nitrogen and oxygen atoms in total. The topological polar surface area (TPSA) is 61.9 Å². The summed E-state index contributed by atoms with van der Waals surface area (Å²) in [5.74, 6) is 0.499. The smallest absolute Gasteiger partial charge is 0.346 e. The van der Waals surface area contributed by atoms with Gasteiger partial charge in [0, 0.05) is 13.1 Å². The number of rotatable bonds is 2. The Hall–Kier alpha value is -1.88. The zero-order valence-corrected chi connectivity index (χ0v) is 12.5. The highest BCUT2D eigenvalue weighted by atomic mass is 16.2. The van der Waals surface area contributed by atoms with E-state index in [9.17, 15) is 4.79 Å². The molecule has 21 heavy (non-hydrogen) atoms. The summed E-state index contributed by atoms with van der Waals surface area (Å²) >= 11 is 0. The molecule has 1 saturated heterocycles. The molecule has 2 heterocycles. The van der Waals surface area contributed by atoms with E-state index in [-0.39, 0.29) is 6.03 Å². The lowest BCUT2D eigenvalue weighted by Crippen LogP contribution is -2.54. The third-order valence-electron chi connectivity index (χ3n) is 4.66. The van der Waals surface area contributed by atoms with Gasteiger partial charge < -0.3 is 15.5 Å². The van der Waals surface area contributed by atoms with Gasteiger partial charge in [-0.25, -0.2) is 4.79 Å². The average Bonchev–Trinajstić information content (AvgIpc) is 2.63. The van der Waals surface area contributed by atoms with Gasteiger partial charge in [-0.05, 0) is 38.4 Å². The lowest BCUT2D eigenvalue weighted by atomic mass is 9.88. The fourth-order valence-corrected chi connectivity index (χ4v) is 3.35. The number of hydrogen-bond donors (Lipinski definition) is 1. The molecular formula is C16H22N4O. The molecule has 0 radical (unpaired) electrons. The number of benzene rings is 1. The summed E-state index contributed by atoms with van der Waals surface area (Å²) in [5.41, 5.74) is 6.89. The van der Waals surface area contributed by atoms with Crippen molar-refractivity contribution in [3.05, 3.63) is 35.9 Å². The van der Waals surface area contributed by atoms with E-state index in [1.54, 1.807) is 0 Å². The van der Waals surface area contributed by atoms with Crippen LogP contribution in [0.4, 0.5) is 4.79 Å². The molecule has 2 aliphatic heterocycles. The van der Waals surface area contributed by atoms with E-state index in [0.717, 1.165) is 37.9 Å². The first kappa shape index (κ1) is 14.1. The van der Waals surface area contributed by atoms with Gasteiger partial charge in [0.1, 0.15) is 11.4 Å². The Balaban J connectivity index is 1.88. The summed E-state index contributed by atoms with van der Waals surface area (Å²) in [4.78, 5) is 20.5. The van der Waals surface area contributed by atoms with Crippen molar-refractivity contribution in [2.75, 3.05) is 20.1 Å². The van der Waals surface area contributed by atoms with Crippen molar-refractivity contribution in [1.29, 1.82) is 0 Å². The minimum atomic E-state index is -0.391. The van der Waals surface area contributed by atoms with Crippen molar-refractivity contribution < 1.29 is 4.79 Å². The Labute approximate surface area is 125 Å². The fraction of sp³-hybridized carbons (Fsp3) is 0.500. The fourth-order valence-electron chi connectivity index (χ4n) is 3.35. The number of carbonyl (C=O) groups is 1. The third-order valence-corrected chi connectivity index (χ3v) is 4.66. The van der Waals surface area contributed by atoms with Gasteiger partial charge in [-0.2, -0.15) is 4.99 Å². The second-order valence-electron chi connectivity index (χ2n) is 6.04. The van der Waals surface area contributed by atoms with Gasteiger partial charge in [-0.1, -0.05) is 30.3 Å². The van der Waals surface area contributed by atoms with Crippen molar-refractivity contribution in [2.45, 2.75) is 31.3 Å². The zero-order chi connectivity index (χ0) is 14.9. The second kappa shape index (κ2) is 5.48. The first-order chi connectivity index (χ1) is 10.1. The predicted octanol–water partition coefficient (Wildman–Crippen LogP) is 1.83. The normalized spacial score (nSPS) is 27.0. The lowest BCUT2D eigenvalue weighted by molar-refractivity contribution is 0.155. The molecule has 0 saturated carbocycles. The Morgan fingerprint density at radius 2 is 2.00 bits per heavy atom. The van der Waals surface area contributed by atoms with E-state index in [1.807, 2.05) is 35.2 Å². The van der Waals surface area contributed by atoms with Gasteiger partial charge in [0.15, 0.2) is 0 Å². The van der Waals surface area contributed by atoms with Crippen LogP contribution in [0.1, 0.15) is 24.8 Å². The van der Waals surface area contributed by atoms with Crippen LogP contribution in [0, 0.1) is 0 Å². The first-order valence-electron chi connectivity index (χ1n) is 7.50. The number of nitrogens with two attached hydrogens (primary N) is 1. The van der Waals surface area contributed by atoms with E-state index in [2.05, 4.69) is 16.9 Å². The van der Waals surface area contributed by atoms with Crippen LogP contribution in [0.2, 0.25) is 0 Å². The highest BCUT2D eigenvalue weighted by Gasteiger charge is 2.48. The number of amides is 2. The Morgan fingerprint density at radius 3 is 2.76 bits per heavy atom. The lowest BCUT2D eigenvalue weighted by Gasteiger charge is -2.37. The van der Waals surface area contributed by atoms with Crippen LogP contribution in [0.25, 0.3) is 0 Å². The Kier molecular flexibility index (Phi) is 3.68. The van der Waals surface area contributed by atoms with E-state index < -0.39 is 5.54 Å². The van der Waals surface area contributed by atoms with Gasteiger partial charge >= 0.3 is 6.03 Å². The maximum atomic E-state index is 12.3.